The molecule has 0 spiro atoms. The van der Waals surface area contributed by atoms with Crippen LogP contribution in [-0.2, 0) is 9.53 Å². The maximum atomic E-state index is 12.1. The van der Waals surface area contributed by atoms with Gasteiger partial charge in [0.05, 0.1) is 18.1 Å². The van der Waals surface area contributed by atoms with Gasteiger partial charge in [0.15, 0.2) is 0 Å². The fraction of sp³-hybridized carbons (Fsp3) is 0.923. The lowest BCUT2D eigenvalue weighted by atomic mass is 9.76. The van der Waals surface area contributed by atoms with Crippen LogP contribution in [0, 0.1) is 10.8 Å². The molecule has 0 saturated heterocycles. The smallest absolute Gasteiger partial charge is 0.311 e. The van der Waals surface area contributed by atoms with Gasteiger partial charge in [0.25, 0.3) is 0 Å². The molecule has 108 valence electrons. The quantitative estimate of drug-likeness (QED) is 0.443. The molecule has 0 aromatic heterocycles. The number of aliphatic hydroxyl groups is 1. The van der Waals surface area contributed by atoms with E-state index in [1.54, 1.807) is 0 Å². The summed E-state index contributed by atoms with van der Waals surface area (Å²) in [6, 6.07) is -0.153. The maximum absolute atomic E-state index is 12.1. The highest BCUT2D eigenvalue weighted by atomic mass is 127. The summed E-state index contributed by atoms with van der Waals surface area (Å²) in [4.78, 5) is 12.1. The number of ether oxygens (including phenoxy) is 1. The van der Waals surface area contributed by atoms with E-state index in [1.807, 2.05) is 24.0 Å². The van der Waals surface area contributed by atoms with Crippen molar-refractivity contribution in [3.63, 3.8) is 0 Å². The topological polar surface area (TPSA) is 49.8 Å². The van der Waals surface area contributed by atoms with Crippen LogP contribution in [0.2, 0.25) is 0 Å². The first kappa shape index (κ1) is 18.1. The van der Waals surface area contributed by atoms with E-state index >= 15 is 0 Å². The standard InChI is InChI=1S/C13H26INO3/c1-12(2,3)9-13(4,5)11(17)18-8-10(7-16)15(6)14/h10,16H,7-9H2,1-6H3. The summed E-state index contributed by atoms with van der Waals surface area (Å²) < 4.78 is 7.14. The largest absolute Gasteiger partial charge is 0.463 e. The summed E-state index contributed by atoms with van der Waals surface area (Å²) in [5, 5.41) is 9.16. The molecule has 0 rings (SSSR count). The van der Waals surface area contributed by atoms with Gasteiger partial charge >= 0.3 is 5.97 Å². The minimum Gasteiger partial charge on any atom is -0.463 e. The highest BCUT2D eigenvalue weighted by Crippen LogP contribution is 2.34. The molecule has 18 heavy (non-hydrogen) atoms. The van der Waals surface area contributed by atoms with E-state index in [9.17, 15) is 4.79 Å². The number of hydrogen-bond donors (Lipinski definition) is 1. The van der Waals surface area contributed by atoms with Crippen molar-refractivity contribution in [1.29, 1.82) is 0 Å². The molecule has 1 atom stereocenters. The highest BCUT2D eigenvalue weighted by molar-refractivity contribution is 14.1. The van der Waals surface area contributed by atoms with Crippen LogP contribution in [0.25, 0.3) is 0 Å². The van der Waals surface area contributed by atoms with Gasteiger partial charge in [-0.05, 0) is 32.7 Å². The van der Waals surface area contributed by atoms with Gasteiger partial charge in [-0.25, -0.2) is 3.11 Å². The number of halogens is 1. The maximum Gasteiger partial charge on any atom is 0.311 e. The number of aliphatic hydroxyl groups excluding tert-OH is 1. The number of esters is 1. The van der Waals surface area contributed by atoms with Crippen LogP contribution in [0.1, 0.15) is 41.0 Å². The van der Waals surface area contributed by atoms with Crippen LogP contribution in [0.15, 0.2) is 0 Å². The number of rotatable bonds is 6. The predicted molar refractivity (Wildman–Crippen MR) is 81.5 cm³/mol. The summed E-state index contributed by atoms with van der Waals surface area (Å²) in [6.45, 7) is 10.3. The molecule has 0 fully saturated rings. The van der Waals surface area contributed by atoms with Crippen molar-refractivity contribution < 1.29 is 14.6 Å². The van der Waals surface area contributed by atoms with Crippen LogP contribution in [0.3, 0.4) is 0 Å². The van der Waals surface area contributed by atoms with Crippen molar-refractivity contribution in [3.05, 3.63) is 0 Å². The molecule has 5 heteroatoms. The zero-order valence-corrected chi connectivity index (χ0v) is 14.4. The van der Waals surface area contributed by atoms with Crippen molar-refractivity contribution in [3.8, 4) is 0 Å². The van der Waals surface area contributed by atoms with Crippen molar-refractivity contribution in [2.45, 2.75) is 47.1 Å². The average molecular weight is 371 g/mol. The molecule has 0 amide bonds. The Morgan fingerprint density at radius 1 is 1.33 bits per heavy atom. The summed E-state index contributed by atoms with van der Waals surface area (Å²) in [5.41, 5.74) is -0.416. The summed E-state index contributed by atoms with van der Waals surface area (Å²) >= 11 is 2.08. The van der Waals surface area contributed by atoms with Gasteiger partial charge in [0.2, 0.25) is 0 Å². The second-order valence-corrected chi connectivity index (χ2v) is 8.10. The molecule has 0 heterocycles. The number of likely N-dealkylation sites (N-methyl/N-ethyl adjacent to an activating group) is 1. The molecule has 0 aliphatic carbocycles. The van der Waals surface area contributed by atoms with Gasteiger partial charge in [-0.15, -0.1) is 0 Å². The fourth-order valence-corrected chi connectivity index (χ4v) is 2.37. The molecule has 0 aromatic rings. The zero-order valence-electron chi connectivity index (χ0n) is 12.3. The van der Waals surface area contributed by atoms with Gasteiger partial charge in [-0.2, -0.15) is 0 Å². The van der Waals surface area contributed by atoms with Crippen LogP contribution in [0.4, 0.5) is 0 Å². The first-order valence-electron chi connectivity index (χ1n) is 6.16. The van der Waals surface area contributed by atoms with E-state index < -0.39 is 5.41 Å². The third-order valence-electron chi connectivity index (χ3n) is 2.65. The Hall–Kier alpha value is 0.120. The summed E-state index contributed by atoms with van der Waals surface area (Å²) in [5.74, 6) is -0.200. The lowest BCUT2D eigenvalue weighted by Crippen LogP contribution is -2.37. The summed E-state index contributed by atoms with van der Waals surface area (Å²) in [6.07, 6.45) is 0.767. The normalized spacial score (nSPS) is 14.7. The van der Waals surface area contributed by atoms with Crippen LogP contribution in [-0.4, -0.2) is 40.5 Å². The SMILES string of the molecule is CN(I)C(CO)COC(=O)C(C)(C)CC(C)(C)C. The van der Waals surface area contributed by atoms with Crippen LogP contribution < -0.4 is 0 Å². The molecular weight excluding hydrogens is 345 g/mol. The Morgan fingerprint density at radius 3 is 2.17 bits per heavy atom. The molecule has 0 aromatic carbocycles. The number of hydrogen-bond acceptors (Lipinski definition) is 4. The van der Waals surface area contributed by atoms with E-state index in [4.69, 9.17) is 9.84 Å². The third kappa shape index (κ3) is 6.89. The molecule has 1 unspecified atom stereocenters. The van der Waals surface area contributed by atoms with Crippen molar-refractivity contribution in [1.82, 2.24) is 3.11 Å². The van der Waals surface area contributed by atoms with Gasteiger partial charge < -0.3 is 9.84 Å². The Bertz CT molecular complexity index is 272. The van der Waals surface area contributed by atoms with Crippen LogP contribution in [0.5, 0.6) is 0 Å². The predicted octanol–water partition coefficient (Wildman–Crippen LogP) is 2.63. The Morgan fingerprint density at radius 2 is 1.83 bits per heavy atom. The third-order valence-corrected chi connectivity index (χ3v) is 3.43. The minimum atomic E-state index is -0.498. The van der Waals surface area contributed by atoms with E-state index in [0.717, 1.165) is 6.42 Å². The second kappa shape index (κ2) is 7.05. The minimum absolute atomic E-state index is 0.0214. The highest BCUT2D eigenvalue weighted by Gasteiger charge is 2.34. The first-order chi connectivity index (χ1) is 7.99. The lowest BCUT2D eigenvalue weighted by Gasteiger charge is -2.31. The Kier molecular flexibility index (Phi) is 7.10. The van der Waals surface area contributed by atoms with Crippen molar-refractivity contribution in [2.75, 3.05) is 20.3 Å². The zero-order chi connectivity index (χ0) is 14.6. The number of nitrogens with zero attached hydrogens (tertiary/aromatic N) is 1. The fourth-order valence-electron chi connectivity index (χ4n) is 2.03. The molecule has 0 bridgehead atoms. The molecule has 1 N–H and O–H groups in total. The number of carbonyl (C=O) groups is 1. The van der Waals surface area contributed by atoms with Crippen molar-refractivity contribution in [2.24, 2.45) is 10.8 Å². The van der Waals surface area contributed by atoms with E-state index in [-0.39, 0.29) is 30.6 Å². The lowest BCUT2D eigenvalue weighted by molar-refractivity contribution is -0.157. The number of carbonyl (C=O) groups excluding carboxylic acids is 1. The molecule has 0 radical (unpaired) electrons. The van der Waals surface area contributed by atoms with Gasteiger partial charge in [0.1, 0.15) is 6.61 Å². The molecular formula is C13H26INO3. The van der Waals surface area contributed by atoms with Gasteiger partial charge in [-0.1, -0.05) is 20.8 Å². The molecule has 0 aliphatic heterocycles. The van der Waals surface area contributed by atoms with E-state index in [0.29, 0.717) is 0 Å². The Labute approximate surface area is 125 Å². The van der Waals surface area contributed by atoms with Gasteiger partial charge in [0, 0.05) is 22.9 Å². The van der Waals surface area contributed by atoms with Gasteiger partial charge in [-0.3, -0.25) is 4.79 Å². The average Bonchev–Trinajstić information content (AvgIpc) is 2.13. The molecule has 4 nitrogen and oxygen atoms in total. The van der Waals surface area contributed by atoms with Crippen LogP contribution >= 0.6 is 22.9 Å². The summed E-state index contributed by atoms with van der Waals surface area (Å²) in [7, 11) is 1.84. The molecule has 0 aliphatic rings. The second-order valence-electron chi connectivity index (χ2n) is 6.58. The first-order valence-corrected chi connectivity index (χ1v) is 7.13. The van der Waals surface area contributed by atoms with E-state index in [2.05, 4.69) is 43.6 Å². The molecule has 0 saturated carbocycles. The monoisotopic (exact) mass is 371 g/mol. The van der Waals surface area contributed by atoms with E-state index in [1.165, 1.54) is 0 Å². The van der Waals surface area contributed by atoms with Crippen molar-refractivity contribution >= 4 is 28.8 Å². The Balaban J connectivity index is 4.39.